The van der Waals surface area contributed by atoms with Gasteiger partial charge in [-0.25, -0.2) is 0 Å². The van der Waals surface area contributed by atoms with Crippen molar-refractivity contribution in [2.24, 2.45) is 5.92 Å². The van der Waals surface area contributed by atoms with E-state index in [1.807, 2.05) is 0 Å². The van der Waals surface area contributed by atoms with Crippen LogP contribution in [0.2, 0.25) is 0 Å². The number of aliphatic hydroxyl groups excluding tert-OH is 1. The molecule has 0 aromatic carbocycles. The average molecular weight is 229 g/mol. The van der Waals surface area contributed by atoms with E-state index in [4.69, 9.17) is 4.74 Å². The van der Waals surface area contributed by atoms with Crippen molar-refractivity contribution < 1.29 is 9.84 Å². The van der Waals surface area contributed by atoms with Gasteiger partial charge in [0.1, 0.15) is 0 Å². The molecule has 16 heavy (non-hydrogen) atoms. The standard InChI is InChI=1S/C13H27NO2/c1-3-5-6-9-16-11-13(10-15,14-4-2)12-7-8-12/h12,14-15H,3-11H2,1-2H3. The van der Waals surface area contributed by atoms with E-state index in [-0.39, 0.29) is 12.1 Å². The molecule has 0 radical (unpaired) electrons. The van der Waals surface area contributed by atoms with Crippen molar-refractivity contribution in [1.29, 1.82) is 0 Å². The predicted molar refractivity (Wildman–Crippen MR) is 66.6 cm³/mol. The van der Waals surface area contributed by atoms with Crippen LogP contribution in [0.3, 0.4) is 0 Å². The maximum absolute atomic E-state index is 9.58. The molecule has 0 spiro atoms. The van der Waals surface area contributed by atoms with Gasteiger partial charge in [0.25, 0.3) is 0 Å². The highest BCUT2D eigenvalue weighted by Gasteiger charge is 2.44. The van der Waals surface area contributed by atoms with Crippen LogP contribution in [0.15, 0.2) is 0 Å². The van der Waals surface area contributed by atoms with Crippen molar-refractivity contribution in [3.05, 3.63) is 0 Å². The normalized spacial score (nSPS) is 19.7. The fourth-order valence-electron chi connectivity index (χ4n) is 2.24. The Hall–Kier alpha value is -0.120. The molecule has 2 N–H and O–H groups in total. The summed E-state index contributed by atoms with van der Waals surface area (Å²) in [5.74, 6) is 0.614. The minimum Gasteiger partial charge on any atom is -0.394 e. The number of nitrogens with one attached hydrogen (secondary N) is 1. The fourth-order valence-corrected chi connectivity index (χ4v) is 2.24. The number of hydrogen-bond donors (Lipinski definition) is 2. The van der Waals surface area contributed by atoms with Crippen LogP contribution in [0.1, 0.15) is 46.0 Å². The molecule has 1 aliphatic rings. The van der Waals surface area contributed by atoms with E-state index in [0.717, 1.165) is 19.6 Å². The molecule has 0 heterocycles. The van der Waals surface area contributed by atoms with Crippen molar-refractivity contribution in [3.8, 4) is 0 Å². The van der Waals surface area contributed by atoms with E-state index < -0.39 is 0 Å². The SMILES string of the molecule is CCCCCOCC(CO)(NCC)C1CC1. The molecule has 0 aromatic rings. The second kappa shape index (κ2) is 7.25. The molecule has 0 aromatic heterocycles. The zero-order valence-electron chi connectivity index (χ0n) is 10.8. The third-order valence-electron chi connectivity index (χ3n) is 3.42. The Balaban J connectivity index is 2.26. The first kappa shape index (κ1) is 13.9. The molecule has 3 heteroatoms. The van der Waals surface area contributed by atoms with Crippen LogP contribution in [0.4, 0.5) is 0 Å². The molecule has 0 amide bonds. The molecule has 1 fully saturated rings. The largest absolute Gasteiger partial charge is 0.394 e. The number of ether oxygens (including phenoxy) is 1. The minimum absolute atomic E-state index is 0.166. The van der Waals surface area contributed by atoms with Crippen LogP contribution < -0.4 is 5.32 Å². The maximum atomic E-state index is 9.58. The Morgan fingerprint density at radius 2 is 2.06 bits per heavy atom. The number of rotatable bonds is 10. The quantitative estimate of drug-likeness (QED) is 0.563. The van der Waals surface area contributed by atoms with Crippen molar-refractivity contribution in [2.75, 3.05) is 26.4 Å². The summed E-state index contributed by atoms with van der Waals surface area (Å²) in [5.41, 5.74) is -0.166. The molecule has 0 aliphatic heterocycles. The van der Waals surface area contributed by atoms with Gasteiger partial charge in [0.05, 0.1) is 18.8 Å². The number of likely N-dealkylation sites (N-methyl/N-ethyl adjacent to an activating group) is 1. The fraction of sp³-hybridized carbons (Fsp3) is 1.00. The van der Waals surface area contributed by atoms with Crippen LogP contribution in [0, 0.1) is 5.92 Å². The van der Waals surface area contributed by atoms with Gasteiger partial charge in [-0.15, -0.1) is 0 Å². The van der Waals surface area contributed by atoms with Gasteiger partial charge in [-0.2, -0.15) is 0 Å². The van der Waals surface area contributed by atoms with E-state index in [9.17, 15) is 5.11 Å². The Labute approximate surface area is 99.6 Å². The summed E-state index contributed by atoms with van der Waals surface area (Å²) >= 11 is 0. The van der Waals surface area contributed by atoms with Crippen molar-refractivity contribution in [3.63, 3.8) is 0 Å². The van der Waals surface area contributed by atoms with E-state index in [1.54, 1.807) is 0 Å². The second-order valence-electron chi connectivity index (χ2n) is 4.88. The highest BCUT2D eigenvalue weighted by atomic mass is 16.5. The topological polar surface area (TPSA) is 41.5 Å². The molecule has 3 nitrogen and oxygen atoms in total. The zero-order valence-corrected chi connectivity index (χ0v) is 10.8. The zero-order chi connectivity index (χ0) is 11.9. The molecule has 0 saturated heterocycles. The molecule has 96 valence electrons. The lowest BCUT2D eigenvalue weighted by molar-refractivity contribution is 0.0233. The van der Waals surface area contributed by atoms with Gasteiger partial charge in [0, 0.05) is 6.61 Å². The van der Waals surface area contributed by atoms with Crippen LogP contribution in [0.25, 0.3) is 0 Å². The van der Waals surface area contributed by atoms with Crippen molar-refractivity contribution in [2.45, 2.75) is 51.5 Å². The highest BCUT2D eigenvalue weighted by molar-refractivity contribution is 5.00. The van der Waals surface area contributed by atoms with E-state index in [0.29, 0.717) is 12.5 Å². The minimum atomic E-state index is -0.166. The summed E-state index contributed by atoms with van der Waals surface area (Å²) in [4.78, 5) is 0. The van der Waals surface area contributed by atoms with Gasteiger partial charge in [-0.05, 0) is 31.7 Å². The average Bonchev–Trinajstić information content (AvgIpc) is 3.11. The van der Waals surface area contributed by atoms with Crippen LogP contribution in [0.5, 0.6) is 0 Å². The molecule has 0 bridgehead atoms. The summed E-state index contributed by atoms with van der Waals surface area (Å²) in [5, 5.41) is 13.0. The Morgan fingerprint density at radius 1 is 1.31 bits per heavy atom. The maximum Gasteiger partial charge on any atom is 0.0679 e. The van der Waals surface area contributed by atoms with Crippen LogP contribution in [-0.2, 0) is 4.74 Å². The van der Waals surface area contributed by atoms with E-state index in [1.165, 1.54) is 25.7 Å². The Morgan fingerprint density at radius 3 is 2.56 bits per heavy atom. The van der Waals surface area contributed by atoms with Gasteiger partial charge < -0.3 is 15.2 Å². The van der Waals surface area contributed by atoms with Gasteiger partial charge in [-0.3, -0.25) is 0 Å². The van der Waals surface area contributed by atoms with Crippen molar-refractivity contribution >= 4 is 0 Å². The summed E-state index contributed by atoms with van der Waals surface area (Å²) in [6.07, 6.45) is 6.05. The molecule has 1 atom stereocenters. The lowest BCUT2D eigenvalue weighted by atomic mass is 9.95. The molecule has 1 aliphatic carbocycles. The Bertz CT molecular complexity index is 183. The number of hydrogen-bond acceptors (Lipinski definition) is 3. The molecule has 1 unspecified atom stereocenters. The number of aliphatic hydroxyl groups is 1. The van der Waals surface area contributed by atoms with E-state index >= 15 is 0 Å². The molecular weight excluding hydrogens is 202 g/mol. The Kier molecular flexibility index (Phi) is 6.32. The van der Waals surface area contributed by atoms with Crippen LogP contribution in [-0.4, -0.2) is 37.0 Å². The smallest absolute Gasteiger partial charge is 0.0679 e. The van der Waals surface area contributed by atoms with Crippen LogP contribution >= 0.6 is 0 Å². The summed E-state index contributed by atoms with van der Waals surface area (Å²) in [7, 11) is 0. The predicted octanol–water partition coefficient (Wildman–Crippen LogP) is 1.94. The van der Waals surface area contributed by atoms with Crippen molar-refractivity contribution in [1.82, 2.24) is 5.32 Å². The second-order valence-corrected chi connectivity index (χ2v) is 4.88. The van der Waals surface area contributed by atoms with Gasteiger partial charge in [0.2, 0.25) is 0 Å². The first-order chi connectivity index (χ1) is 7.79. The summed E-state index contributed by atoms with van der Waals surface area (Å²) in [6.45, 7) is 6.86. The third-order valence-corrected chi connectivity index (χ3v) is 3.42. The number of unbranched alkanes of at least 4 members (excludes halogenated alkanes) is 2. The van der Waals surface area contributed by atoms with E-state index in [2.05, 4.69) is 19.2 Å². The lowest BCUT2D eigenvalue weighted by Crippen LogP contribution is -2.54. The molecule has 1 saturated carbocycles. The van der Waals surface area contributed by atoms with Gasteiger partial charge in [0.15, 0.2) is 0 Å². The summed E-state index contributed by atoms with van der Waals surface area (Å²) < 4.78 is 5.72. The summed E-state index contributed by atoms with van der Waals surface area (Å²) in [6, 6.07) is 0. The third kappa shape index (κ3) is 4.04. The first-order valence-corrected chi connectivity index (χ1v) is 6.72. The molecule has 1 rings (SSSR count). The highest BCUT2D eigenvalue weighted by Crippen LogP contribution is 2.39. The lowest BCUT2D eigenvalue weighted by Gasteiger charge is -2.32. The monoisotopic (exact) mass is 229 g/mol. The van der Waals surface area contributed by atoms with Gasteiger partial charge >= 0.3 is 0 Å². The molecular formula is C13H27NO2. The first-order valence-electron chi connectivity index (χ1n) is 6.72. The van der Waals surface area contributed by atoms with Gasteiger partial charge in [-0.1, -0.05) is 26.7 Å².